The summed E-state index contributed by atoms with van der Waals surface area (Å²) in [6, 6.07) is 0.574. The van der Waals surface area contributed by atoms with Gasteiger partial charge in [0.15, 0.2) is 0 Å². The maximum Gasteiger partial charge on any atom is 0.0637 e. The van der Waals surface area contributed by atoms with Crippen LogP contribution in [0.2, 0.25) is 0 Å². The van der Waals surface area contributed by atoms with Crippen LogP contribution in [0.25, 0.3) is 0 Å². The van der Waals surface area contributed by atoms with Crippen LogP contribution in [-0.2, 0) is 4.74 Å². The Kier molecular flexibility index (Phi) is 4.69. The van der Waals surface area contributed by atoms with Crippen LogP contribution in [0, 0.1) is 0 Å². The van der Waals surface area contributed by atoms with E-state index in [1.54, 1.807) is 7.11 Å². The van der Waals surface area contributed by atoms with E-state index in [1.807, 2.05) is 7.05 Å². The molecule has 0 radical (unpaired) electrons. The molecule has 68 valence electrons. The van der Waals surface area contributed by atoms with E-state index in [9.17, 15) is 0 Å². The third-order valence-electron chi connectivity index (χ3n) is 2.19. The molecule has 0 aliphatic heterocycles. The zero-order chi connectivity index (χ0) is 8.91. The fourth-order valence-corrected chi connectivity index (χ4v) is 1.13. The van der Waals surface area contributed by atoms with Gasteiger partial charge in [-0.05, 0) is 33.7 Å². The van der Waals surface area contributed by atoms with Gasteiger partial charge in [0.05, 0.1) is 5.60 Å². The molecule has 1 N–H and O–H groups in total. The van der Waals surface area contributed by atoms with E-state index in [0.717, 1.165) is 12.8 Å². The van der Waals surface area contributed by atoms with Crippen LogP contribution in [-0.4, -0.2) is 25.8 Å². The third-order valence-corrected chi connectivity index (χ3v) is 2.19. The lowest BCUT2D eigenvalue weighted by molar-refractivity contribution is 0.00739. The molecule has 0 saturated carbocycles. The molecule has 1 atom stereocenters. The van der Waals surface area contributed by atoms with Crippen molar-refractivity contribution in [1.29, 1.82) is 0 Å². The summed E-state index contributed by atoms with van der Waals surface area (Å²) < 4.78 is 5.33. The summed E-state index contributed by atoms with van der Waals surface area (Å²) in [6.07, 6.45) is 2.22. The van der Waals surface area contributed by atoms with Gasteiger partial charge in [-0.15, -0.1) is 0 Å². The summed E-state index contributed by atoms with van der Waals surface area (Å²) in [4.78, 5) is 0. The Morgan fingerprint density at radius 1 is 1.45 bits per heavy atom. The van der Waals surface area contributed by atoms with Gasteiger partial charge in [-0.25, -0.2) is 0 Å². The highest BCUT2D eigenvalue weighted by molar-refractivity contribution is 4.76. The van der Waals surface area contributed by atoms with Crippen molar-refractivity contribution < 1.29 is 4.74 Å². The maximum absolute atomic E-state index is 5.33. The Morgan fingerprint density at radius 2 is 2.00 bits per heavy atom. The van der Waals surface area contributed by atoms with Crippen LogP contribution >= 0.6 is 0 Å². The van der Waals surface area contributed by atoms with Gasteiger partial charge in [-0.3, -0.25) is 0 Å². The molecule has 0 aromatic heterocycles. The van der Waals surface area contributed by atoms with Crippen LogP contribution in [0.5, 0.6) is 0 Å². The molecular formula is C9H21NO. The zero-order valence-electron chi connectivity index (χ0n) is 8.40. The van der Waals surface area contributed by atoms with Crippen molar-refractivity contribution >= 4 is 0 Å². The molecular weight excluding hydrogens is 138 g/mol. The number of hydrogen-bond donors (Lipinski definition) is 1. The molecule has 1 unspecified atom stereocenters. The Morgan fingerprint density at radius 3 is 2.27 bits per heavy atom. The molecule has 0 saturated heterocycles. The Bertz CT molecular complexity index is 97.7. The summed E-state index contributed by atoms with van der Waals surface area (Å²) in [5, 5.41) is 3.26. The fourth-order valence-electron chi connectivity index (χ4n) is 1.13. The van der Waals surface area contributed by atoms with Gasteiger partial charge in [0.25, 0.3) is 0 Å². The van der Waals surface area contributed by atoms with Gasteiger partial charge in [0.1, 0.15) is 0 Å². The van der Waals surface area contributed by atoms with Crippen molar-refractivity contribution in [1.82, 2.24) is 5.32 Å². The molecule has 0 aliphatic rings. The Labute approximate surface area is 70.3 Å². The molecule has 0 spiro atoms. The smallest absolute Gasteiger partial charge is 0.0637 e. The summed E-state index contributed by atoms with van der Waals surface area (Å²) in [7, 11) is 3.77. The average Bonchev–Trinajstić information content (AvgIpc) is 2.00. The van der Waals surface area contributed by atoms with E-state index in [-0.39, 0.29) is 5.60 Å². The minimum atomic E-state index is 0.00366. The third kappa shape index (κ3) is 4.38. The van der Waals surface area contributed by atoms with Crippen molar-refractivity contribution in [3.63, 3.8) is 0 Å². The summed E-state index contributed by atoms with van der Waals surface area (Å²) in [6.45, 7) is 6.42. The first kappa shape index (κ1) is 10.9. The van der Waals surface area contributed by atoms with E-state index < -0.39 is 0 Å². The predicted molar refractivity (Wildman–Crippen MR) is 48.8 cm³/mol. The lowest BCUT2D eigenvalue weighted by Gasteiger charge is -2.27. The highest BCUT2D eigenvalue weighted by Crippen LogP contribution is 2.16. The molecule has 0 aliphatic carbocycles. The predicted octanol–water partition coefficient (Wildman–Crippen LogP) is 1.80. The molecule has 0 aromatic carbocycles. The second kappa shape index (κ2) is 4.73. The van der Waals surface area contributed by atoms with Crippen LogP contribution in [0.3, 0.4) is 0 Å². The maximum atomic E-state index is 5.33. The molecule has 0 amide bonds. The van der Waals surface area contributed by atoms with Gasteiger partial charge in [-0.2, -0.15) is 0 Å². The largest absolute Gasteiger partial charge is 0.379 e. The number of nitrogens with one attached hydrogen (secondary N) is 1. The van der Waals surface area contributed by atoms with E-state index in [1.165, 1.54) is 0 Å². The first-order chi connectivity index (χ1) is 5.05. The van der Waals surface area contributed by atoms with Crippen molar-refractivity contribution in [2.45, 2.75) is 45.3 Å². The molecule has 0 aromatic rings. The minimum Gasteiger partial charge on any atom is -0.379 e. The molecule has 0 bridgehead atoms. The monoisotopic (exact) mass is 159 g/mol. The second-order valence-corrected chi connectivity index (χ2v) is 3.56. The molecule has 11 heavy (non-hydrogen) atoms. The van der Waals surface area contributed by atoms with Crippen molar-refractivity contribution in [3.05, 3.63) is 0 Å². The summed E-state index contributed by atoms with van der Waals surface area (Å²) in [5.41, 5.74) is 0.00366. The Balaban J connectivity index is 3.79. The fraction of sp³-hybridized carbons (Fsp3) is 1.00. The van der Waals surface area contributed by atoms with Gasteiger partial charge in [-0.1, -0.05) is 6.92 Å². The highest BCUT2D eigenvalue weighted by Gasteiger charge is 2.20. The topological polar surface area (TPSA) is 21.3 Å². The summed E-state index contributed by atoms with van der Waals surface area (Å²) in [5.74, 6) is 0. The first-order valence-corrected chi connectivity index (χ1v) is 4.28. The highest BCUT2D eigenvalue weighted by atomic mass is 16.5. The Hall–Kier alpha value is -0.0800. The van der Waals surface area contributed by atoms with Crippen molar-refractivity contribution in [3.8, 4) is 0 Å². The molecule has 2 nitrogen and oxygen atoms in total. The lowest BCUT2D eigenvalue weighted by atomic mass is 9.97. The van der Waals surface area contributed by atoms with Crippen molar-refractivity contribution in [2.24, 2.45) is 0 Å². The molecule has 0 heterocycles. The second-order valence-electron chi connectivity index (χ2n) is 3.56. The summed E-state index contributed by atoms with van der Waals surface area (Å²) >= 11 is 0. The first-order valence-electron chi connectivity index (χ1n) is 4.28. The van der Waals surface area contributed by atoms with Crippen molar-refractivity contribution in [2.75, 3.05) is 14.2 Å². The van der Waals surface area contributed by atoms with E-state index >= 15 is 0 Å². The minimum absolute atomic E-state index is 0.00366. The van der Waals surface area contributed by atoms with Gasteiger partial charge in [0.2, 0.25) is 0 Å². The zero-order valence-corrected chi connectivity index (χ0v) is 8.40. The molecule has 0 rings (SSSR count). The van der Waals surface area contributed by atoms with E-state index in [0.29, 0.717) is 6.04 Å². The lowest BCUT2D eigenvalue weighted by Crippen LogP contribution is -2.35. The standard InChI is InChI=1S/C9H21NO/c1-6-8(10-4)7-9(2,3)11-5/h8,10H,6-7H2,1-5H3. The van der Waals surface area contributed by atoms with Crippen LogP contribution < -0.4 is 5.32 Å². The van der Waals surface area contributed by atoms with E-state index in [2.05, 4.69) is 26.1 Å². The van der Waals surface area contributed by atoms with Gasteiger partial charge < -0.3 is 10.1 Å². The quantitative estimate of drug-likeness (QED) is 0.660. The number of rotatable bonds is 5. The number of ether oxygens (including phenoxy) is 1. The van der Waals surface area contributed by atoms with Gasteiger partial charge in [0, 0.05) is 13.2 Å². The van der Waals surface area contributed by atoms with Crippen LogP contribution in [0.15, 0.2) is 0 Å². The number of hydrogen-bond acceptors (Lipinski definition) is 2. The number of methoxy groups -OCH3 is 1. The van der Waals surface area contributed by atoms with Crippen LogP contribution in [0.4, 0.5) is 0 Å². The van der Waals surface area contributed by atoms with Gasteiger partial charge >= 0.3 is 0 Å². The SMILES string of the molecule is CCC(CC(C)(C)OC)NC. The average molecular weight is 159 g/mol. The van der Waals surface area contributed by atoms with E-state index in [4.69, 9.17) is 4.74 Å². The molecule has 2 heteroatoms. The van der Waals surface area contributed by atoms with Crippen LogP contribution in [0.1, 0.15) is 33.6 Å². The molecule has 0 fully saturated rings. The normalized spacial score (nSPS) is 15.0.